The van der Waals surface area contributed by atoms with E-state index in [1.807, 2.05) is 13.8 Å². The normalized spacial score (nSPS) is 50.9. The molecule has 10 nitrogen and oxygen atoms in total. The van der Waals surface area contributed by atoms with Gasteiger partial charge in [-0.2, -0.15) is 0 Å². The van der Waals surface area contributed by atoms with Gasteiger partial charge < -0.3 is 42.6 Å². The predicted octanol–water partition coefficient (Wildman–Crippen LogP) is 0.831. The second-order valence-corrected chi connectivity index (χ2v) is 11.9. The Bertz CT molecular complexity index is 1020. The molecule has 0 N–H and O–H groups in total. The van der Waals surface area contributed by atoms with E-state index in [1.165, 1.54) is 0 Å². The number of phosphoric ester groups is 1. The molecule has 7 rings (SSSR count). The van der Waals surface area contributed by atoms with Crippen LogP contribution >= 0.6 is 7.82 Å². The maximum atomic E-state index is 12.2. The molecule has 5 fully saturated rings. The van der Waals surface area contributed by atoms with Gasteiger partial charge in [0.1, 0.15) is 36.1 Å². The van der Waals surface area contributed by atoms with Crippen molar-refractivity contribution >= 4 is 13.8 Å². The van der Waals surface area contributed by atoms with E-state index in [2.05, 4.69) is 11.4 Å². The van der Waals surface area contributed by atoms with E-state index in [4.69, 9.17) is 23.7 Å². The summed E-state index contributed by atoms with van der Waals surface area (Å²) in [4.78, 5) is 34.3. The Labute approximate surface area is 199 Å². The highest BCUT2D eigenvalue weighted by atomic mass is 31.2. The Morgan fingerprint density at radius 1 is 1.18 bits per heavy atom. The molecule has 188 valence electrons. The molecular weight excluding hydrogens is 467 g/mol. The maximum Gasteiger partial charge on any atom is 0.334 e. The quantitative estimate of drug-likeness (QED) is 0.176. The molecule has 2 spiro atoms. The summed E-state index contributed by atoms with van der Waals surface area (Å²) in [6.45, 7) is 5.89. The van der Waals surface area contributed by atoms with Gasteiger partial charge in [-0.25, -0.2) is 4.79 Å². The van der Waals surface area contributed by atoms with Crippen LogP contribution in [0.15, 0.2) is 11.1 Å². The highest BCUT2D eigenvalue weighted by molar-refractivity contribution is 7.43. The molecule has 3 saturated heterocycles. The summed E-state index contributed by atoms with van der Waals surface area (Å²) in [6.07, 6.45) is 0.891. The predicted molar refractivity (Wildman–Crippen MR) is 112 cm³/mol. The first-order chi connectivity index (χ1) is 15.0. The molecule has 11 heteroatoms. The number of epoxide rings is 3. The van der Waals surface area contributed by atoms with Gasteiger partial charge in [0.2, 0.25) is 0 Å². The van der Waals surface area contributed by atoms with Crippen molar-refractivity contribution in [2.75, 3.05) is 13.4 Å². The standard InChI is InChI=1S/C21H27O10P.2CH3/c1-9(2)19-14(30-19)15-21(31-15)18(3)5-4-10-11(7-26-16(10)22)12(18)6-13-20(21,29-13)17(19)27-8-28-32(23,24)25;;/h9,12-15,17H,4-8H2,1-3H3,(H2,23,24,25);2*1H3/q;2*+1/p-2/t12-,13-,14-,15-,17+,18-,19-,20+,21+;;/m0../s1. The lowest BCUT2D eigenvalue weighted by Gasteiger charge is -2.54. The van der Waals surface area contributed by atoms with Crippen molar-refractivity contribution in [2.24, 2.45) is 17.3 Å². The van der Waals surface area contributed by atoms with Crippen LogP contribution in [-0.4, -0.2) is 60.6 Å². The minimum atomic E-state index is -5.18. The number of esters is 1. The molecular formula is C23H31O10P. The van der Waals surface area contributed by atoms with Crippen LogP contribution in [-0.2, 0) is 37.6 Å². The molecule has 0 unspecified atom stereocenters. The molecule has 0 bridgehead atoms. The van der Waals surface area contributed by atoms with Crippen LogP contribution in [0.3, 0.4) is 0 Å². The van der Waals surface area contributed by atoms with E-state index < -0.39 is 37.5 Å². The second kappa shape index (κ2) is 6.81. The average molecular weight is 498 g/mol. The lowest BCUT2D eigenvalue weighted by Crippen LogP contribution is -2.69. The van der Waals surface area contributed by atoms with Crippen molar-refractivity contribution in [3.05, 3.63) is 26.0 Å². The summed E-state index contributed by atoms with van der Waals surface area (Å²) in [7, 11) is -5.18. The summed E-state index contributed by atoms with van der Waals surface area (Å²) in [5, 5.41) is 0. The Hall–Kier alpha value is -1.10. The van der Waals surface area contributed by atoms with E-state index in [9.17, 15) is 19.1 Å². The Morgan fingerprint density at radius 3 is 2.59 bits per heavy atom. The zero-order chi connectivity index (χ0) is 22.5. The van der Waals surface area contributed by atoms with Gasteiger partial charge in [-0.3, -0.25) is 0 Å². The molecule has 3 aliphatic carbocycles. The van der Waals surface area contributed by atoms with Gasteiger partial charge in [-0.05, 0) is 36.7 Å². The first-order valence-electron chi connectivity index (χ1n) is 11.2. The van der Waals surface area contributed by atoms with Gasteiger partial charge in [0, 0.05) is 25.8 Å². The third-order valence-corrected chi connectivity index (χ3v) is 9.93. The monoisotopic (exact) mass is 498 g/mol. The molecule has 0 aromatic rings. The molecule has 0 radical (unpaired) electrons. The van der Waals surface area contributed by atoms with Crippen molar-refractivity contribution < 1.29 is 47.4 Å². The second-order valence-electron chi connectivity index (χ2n) is 10.7. The van der Waals surface area contributed by atoms with Crippen LogP contribution in [0.1, 0.15) is 40.0 Å². The summed E-state index contributed by atoms with van der Waals surface area (Å²) >= 11 is 0. The molecule has 0 aromatic carbocycles. The summed E-state index contributed by atoms with van der Waals surface area (Å²) in [5.74, 6) is -0.0707. The van der Waals surface area contributed by atoms with Gasteiger partial charge in [0.05, 0.1) is 13.9 Å². The number of rotatable bonds is 5. The van der Waals surface area contributed by atoms with Gasteiger partial charge in [-0.1, -0.05) is 20.8 Å². The topological polar surface area (TPSA) is 146 Å². The molecule has 9 atom stereocenters. The lowest BCUT2D eigenvalue weighted by atomic mass is 9.46. The highest BCUT2D eigenvalue weighted by Gasteiger charge is 3.00. The largest absolute Gasteiger partial charge is 0.790 e. The van der Waals surface area contributed by atoms with Crippen LogP contribution in [0, 0.1) is 32.1 Å². The van der Waals surface area contributed by atoms with Crippen LogP contribution in [0.5, 0.6) is 0 Å². The molecule has 4 heterocycles. The van der Waals surface area contributed by atoms with Crippen LogP contribution in [0.25, 0.3) is 0 Å². The minimum absolute atomic E-state index is 0. The lowest BCUT2D eigenvalue weighted by molar-refractivity contribution is -0.348. The van der Waals surface area contributed by atoms with E-state index in [0.717, 1.165) is 17.6 Å². The number of phosphoric acid groups is 1. The van der Waals surface area contributed by atoms with Crippen molar-refractivity contribution in [1.29, 1.82) is 0 Å². The first kappa shape index (κ1) is 24.6. The zero-order valence-electron chi connectivity index (χ0n) is 20.0. The Balaban J connectivity index is 0.00000120. The van der Waals surface area contributed by atoms with Crippen LogP contribution in [0.4, 0.5) is 0 Å². The van der Waals surface area contributed by atoms with Gasteiger partial charge in [0.15, 0.2) is 12.4 Å². The highest BCUT2D eigenvalue weighted by Crippen LogP contribution is 2.83. The summed E-state index contributed by atoms with van der Waals surface area (Å²) in [6, 6.07) is 0. The third-order valence-electron chi connectivity index (χ3n) is 9.51. The minimum Gasteiger partial charge on any atom is -0.790 e. The van der Waals surface area contributed by atoms with Crippen LogP contribution in [0.2, 0.25) is 0 Å². The fourth-order valence-electron chi connectivity index (χ4n) is 8.08. The van der Waals surface area contributed by atoms with E-state index >= 15 is 0 Å². The van der Waals surface area contributed by atoms with Gasteiger partial charge >= 0.3 is 5.97 Å². The average Bonchev–Trinajstić information content (AvgIpc) is 3.59. The zero-order valence-corrected chi connectivity index (χ0v) is 20.9. The van der Waals surface area contributed by atoms with E-state index in [-0.39, 0.29) is 56.4 Å². The molecule has 0 aromatic heterocycles. The van der Waals surface area contributed by atoms with Crippen molar-refractivity contribution in [1.82, 2.24) is 0 Å². The number of fused-ring (bicyclic) bond motifs is 4. The first-order valence-corrected chi connectivity index (χ1v) is 12.7. The molecule has 0 amide bonds. The number of ether oxygens (including phenoxy) is 5. The maximum absolute atomic E-state index is 12.2. The molecule has 7 aliphatic rings. The van der Waals surface area contributed by atoms with Gasteiger partial charge in [0.25, 0.3) is 0 Å². The number of carbonyl (C=O) groups is 1. The Morgan fingerprint density at radius 2 is 1.91 bits per heavy atom. The number of hydrogen-bond acceptors (Lipinski definition) is 10. The fourth-order valence-corrected chi connectivity index (χ4v) is 8.27. The number of hydrogen-bond donors (Lipinski definition) is 0. The number of carbonyl (C=O) groups excluding carboxylic acids is 1. The fraction of sp³-hybridized carbons (Fsp3) is 0.783. The van der Waals surface area contributed by atoms with E-state index in [1.54, 1.807) is 0 Å². The third kappa shape index (κ3) is 2.46. The molecule has 4 aliphatic heterocycles. The Kier molecular flexibility index (Phi) is 4.92. The van der Waals surface area contributed by atoms with Crippen molar-refractivity contribution in [2.45, 2.75) is 81.3 Å². The molecule has 34 heavy (non-hydrogen) atoms. The SMILES string of the molecule is CC(C)[C@]12O[C@H]1[C@@H]1O[C@]13[C@]1(O[C@H]1C[C@H]1C4=C(CC[C@@]13C)C(=O)OC4)[C@@H]2OCOP(=O)([O-])[O-].[CH3+].[CH3+]. The summed E-state index contributed by atoms with van der Waals surface area (Å²) < 4.78 is 46.1. The molecule has 2 saturated carbocycles. The van der Waals surface area contributed by atoms with Crippen molar-refractivity contribution in [3.63, 3.8) is 0 Å². The van der Waals surface area contributed by atoms with Crippen molar-refractivity contribution in [3.8, 4) is 0 Å². The number of cyclic esters (lactones) is 1. The summed E-state index contributed by atoms with van der Waals surface area (Å²) in [5.41, 5.74) is -0.615. The van der Waals surface area contributed by atoms with E-state index in [0.29, 0.717) is 19.4 Å². The van der Waals surface area contributed by atoms with Crippen LogP contribution < -0.4 is 9.79 Å². The van der Waals surface area contributed by atoms with Gasteiger partial charge in [-0.15, -0.1) is 0 Å². The smallest absolute Gasteiger partial charge is 0.334 e.